The van der Waals surface area contributed by atoms with E-state index in [2.05, 4.69) is 20.0 Å². The van der Waals surface area contributed by atoms with Gasteiger partial charge in [-0.05, 0) is 30.0 Å². The van der Waals surface area contributed by atoms with E-state index in [0.717, 1.165) is 48.4 Å². The van der Waals surface area contributed by atoms with Crippen molar-refractivity contribution in [2.24, 2.45) is 5.92 Å². The van der Waals surface area contributed by atoms with Crippen LogP contribution < -0.4 is 4.90 Å². The predicted octanol–water partition coefficient (Wildman–Crippen LogP) is 4.00. The quantitative estimate of drug-likeness (QED) is 0.683. The highest BCUT2D eigenvalue weighted by Crippen LogP contribution is 2.29. The molecule has 29 heavy (non-hydrogen) atoms. The number of anilines is 1. The zero-order valence-corrected chi connectivity index (χ0v) is 17.9. The third kappa shape index (κ3) is 5.39. The highest BCUT2D eigenvalue weighted by Gasteiger charge is 2.22. The van der Waals surface area contributed by atoms with Gasteiger partial charge in [-0.15, -0.1) is 10.2 Å². The van der Waals surface area contributed by atoms with E-state index in [1.807, 2.05) is 19.1 Å². The van der Waals surface area contributed by atoms with Crippen molar-refractivity contribution in [2.45, 2.75) is 52.0 Å². The summed E-state index contributed by atoms with van der Waals surface area (Å²) in [6, 6.07) is 5.35. The average Bonchev–Trinajstić information content (AvgIpc) is 3.38. The minimum Gasteiger partial charge on any atom is -0.344 e. The second kappa shape index (κ2) is 9.30. The molecule has 4 rings (SSSR count). The molecule has 1 aromatic heterocycles. The summed E-state index contributed by atoms with van der Waals surface area (Å²) in [4.78, 5) is 17.0. The van der Waals surface area contributed by atoms with E-state index in [0.29, 0.717) is 30.1 Å². The Bertz CT molecular complexity index is 841. The molecule has 1 aromatic carbocycles. The van der Waals surface area contributed by atoms with E-state index in [4.69, 9.17) is 0 Å². The molecule has 1 saturated heterocycles. The van der Waals surface area contributed by atoms with Gasteiger partial charge in [-0.1, -0.05) is 49.2 Å². The number of rotatable bonds is 7. The van der Waals surface area contributed by atoms with Gasteiger partial charge in [0.2, 0.25) is 5.13 Å². The summed E-state index contributed by atoms with van der Waals surface area (Å²) in [5.74, 6) is 0.749. The smallest absolute Gasteiger partial charge is 0.208 e. The lowest BCUT2D eigenvalue weighted by Crippen LogP contribution is -2.45. The zero-order valence-electron chi connectivity index (χ0n) is 17.1. The number of aryl methyl sites for hydroxylation is 1. The lowest BCUT2D eigenvalue weighted by Gasteiger charge is -2.34. The summed E-state index contributed by atoms with van der Waals surface area (Å²) in [5, 5.41) is 10.4. The van der Waals surface area contributed by atoms with Crippen LogP contribution in [0, 0.1) is 18.7 Å². The van der Waals surface area contributed by atoms with Gasteiger partial charge in [0.1, 0.15) is 16.6 Å². The van der Waals surface area contributed by atoms with Gasteiger partial charge in [-0.2, -0.15) is 0 Å². The maximum Gasteiger partial charge on any atom is 0.208 e. The molecule has 1 aliphatic heterocycles. The first-order chi connectivity index (χ1) is 14.1. The van der Waals surface area contributed by atoms with Gasteiger partial charge < -0.3 is 4.90 Å². The molecule has 2 heterocycles. The first-order valence-electron chi connectivity index (χ1n) is 10.6. The molecule has 0 unspecified atom stereocenters. The average molecular weight is 417 g/mol. The van der Waals surface area contributed by atoms with Gasteiger partial charge in [0.15, 0.2) is 0 Å². The molecule has 7 heteroatoms. The number of benzene rings is 1. The van der Waals surface area contributed by atoms with Crippen LogP contribution in [-0.2, 0) is 17.8 Å². The van der Waals surface area contributed by atoms with Crippen molar-refractivity contribution in [2.75, 3.05) is 31.1 Å². The molecule has 2 aromatic rings. The minimum atomic E-state index is -0.146. The Labute approximate surface area is 175 Å². The highest BCUT2D eigenvalue weighted by atomic mass is 32.1. The lowest BCUT2D eigenvalue weighted by atomic mass is 10.00. The Hall–Kier alpha value is -1.86. The first kappa shape index (κ1) is 20.4. The van der Waals surface area contributed by atoms with Crippen LogP contribution in [0.1, 0.15) is 48.2 Å². The molecule has 2 aliphatic rings. The van der Waals surface area contributed by atoms with Crippen LogP contribution in [0.15, 0.2) is 18.2 Å². The van der Waals surface area contributed by atoms with E-state index in [9.17, 15) is 9.18 Å². The summed E-state index contributed by atoms with van der Waals surface area (Å²) in [6.45, 7) is 6.31. The fourth-order valence-electron chi connectivity index (χ4n) is 4.38. The topological polar surface area (TPSA) is 49.3 Å². The second-order valence-corrected chi connectivity index (χ2v) is 9.44. The van der Waals surface area contributed by atoms with Gasteiger partial charge >= 0.3 is 0 Å². The summed E-state index contributed by atoms with van der Waals surface area (Å²) < 4.78 is 13.4. The van der Waals surface area contributed by atoms with Crippen molar-refractivity contribution < 1.29 is 9.18 Å². The normalized spacial score (nSPS) is 18.5. The number of piperazine rings is 1. The SMILES string of the molecule is Cc1cc(CN2CCN(c3nnc(CC(=O)CC4CCCC4)s3)CC2)ccc1F. The lowest BCUT2D eigenvalue weighted by molar-refractivity contribution is -0.119. The van der Waals surface area contributed by atoms with E-state index >= 15 is 0 Å². The van der Waals surface area contributed by atoms with Crippen LogP contribution in [0.4, 0.5) is 9.52 Å². The van der Waals surface area contributed by atoms with E-state index in [-0.39, 0.29) is 5.82 Å². The molecular formula is C22H29FN4OS. The number of carbonyl (C=O) groups excluding carboxylic acids is 1. The van der Waals surface area contributed by atoms with E-state index in [1.165, 1.54) is 25.7 Å². The van der Waals surface area contributed by atoms with Crippen LogP contribution in [0.2, 0.25) is 0 Å². The van der Waals surface area contributed by atoms with Crippen molar-refractivity contribution in [1.29, 1.82) is 0 Å². The summed E-state index contributed by atoms with van der Waals surface area (Å²) in [5.41, 5.74) is 1.85. The Morgan fingerprint density at radius 1 is 1.17 bits per heavy atom. The van der Waals surface area contributed by atoms with Crippen LogP contribution in [0.25, 0.3) is 0 Å². The van der Waals surface area contributed by atoms with Crippen LogP contribution in [0.3, 0.4) is 0 Å². The van der Waals surface area contributed by atoms with Gasteiger partial charge in [-0.3, -0.25) is 9.69 Å². The molecule has 1 aliphatic carbocycles. The van der Waals surface area contributed by atoms with Crippen LogP contribution in [-0.4, -0.2) is 47.1 Å². The van der Waals surface area contributed by atoms with Crippen LogP contribution in [0.5, 0.6) is 0 Å². The van der Waals surface area contributed by atoms with E-state index < -0.39 is 0 Å². The molecular weight excluding hydrogens is 387 g/mol. The predicted molar refractivity (Wildman–Crippen MR) is 114 cm³/mol. The zero-order chi connectivity index (χ0) is 20.2. The maximum atomic E-state index is 13.4. The largest absolute Gasteiger partial charge is 0.344 e. The molecule has 0 amide bonds. The van der Waals surface area contributed by atoms with Crippen molar-refractivity contribution in [3.05, 3.63) is 40.2 Å². The van der Waals surface area contributed by atoms with E-state index in [1.54, 1.807) is 17.4 Å². The standard InChI is InChI=1S/C22H29FN4OS/c1-16-12-18(6-7-20(16)23)15-26-8-10-27(11-9-26)22-25-24-21(29-22)14-19(28)13-17-4-2-3-5-17/h6-7,12,17H,2-5,8-11,13-15H2,1H3. The first-order valence-corrected chi connectivity index (χ1v) is 11.4. The van der Waals surface area contributed by atoms with Gasteiger partial charge in [0.25, 0.3) is 0 Å². The van der Waals surface area contributed by atoms with Crippen molar-refractivity contribution in [1.82, 2.24) is 15.1 Å². The second-order valence-electron chi connectivity index (χ2n) is 8.40. The number of ketones is 1. The summed E-state index contributed by atoms with van der Waals surface area (Å²) in [7, 11) is 0. The molecule has 156 valence electrons. The Kier molecular flexibility index (Phi) is 6.55. The number of hydrogen-bond acceptors (Lipinski definition) is 6. The maximum absolute atomic E-state index is 13.4. The molecule has 0 spiro atoms. The molecule has 0 radical (unpaired) electrons. The monoisotopic (exact) mass is 416 g/mol. The highest BCUT2D eigenvalue weighted by molar-refractivity contribution is 7.15. The molecule has 2 fully saturated rings. The van der Waals surface area contributed by atoms with Crippen molar-refractivity contribution in [3.8, 4) is 0 Å². The minimum absolute atomic E-state index is 0.146. The molecule has 0 N–H and O–H groups in total. The number of halogens is 1. The fourth-order valence-corrected chi connectivity index (χ4v) is 5.30. The van der Waals surface area contributed by atoms with Gasteiger partial charge in [0, 0.05) is 39.1 Å². The number of aromatic nitrogens is 2. The summed E-state index contributed by atoms with van der Waals surface area (Å²) >= 11 is 1.56. The molecule has 0 atom stereocenters. The molecule has 5 nitrogen and oxygen atoms in total. The molecule has 1 saturated carbocycles. The molecule has 0 bridgehead atoms. The number of carbonyl (C=O) groups is 1. The van der Waals surface area contributed by atoms with Crippen molar-refractivity contribution in [3.63, 3.8) is 0 Å². The summed E-state index contributed by atoms with van der Waals surface area (Å²) in [6.07, 6.45) is 6.08. The number of hydrogen-bond donors (Lipinski definition) is 0. The van der Waals surface area contributed by atoms with Gasteiger partial charge in [-0.25, -0.2) is 4.39 Å². The van der Waals surface area contributed by atoms with Gasteiger partial charge in [0.05, 0.1) is 6.42 Å². The fraction of sp³-hybridized carbons (Fsp3) is 0.591. The van der Waals surface area contributed by atoms with Crippen LogP contribution >= 0.6 is 11.3 Å². The number of Topliss-reactive ketones (excluding diaryl/α,β-unsaturated/α-hetero) is 1. The van der Waals surface area contributed by atoms with Crippen molar-refractivity contribution >= 4 is 22.3 Å². The Balaban J connectivity index is 1.25. The third-order valence-corrected chi connectivity index (χ3v) is 7.05. The Morgan fingerprint density at radius 2 is 1.93 bits per heavy atom. The third-order valence-electron chi connectivity index (χ3n) is 6.07. The number of nitrogens with zero attached hydrogens (tertiary/aromatic N) is 4. The Morgan fingerprint density at radius 3 is 2.66 bits per heavy atom.